The van der Waals surface area contributed by atoms with Gasteiger partial charge in [0.25, 0.3) is 0 Å². The Morgan fingerprint density at radius 2 is 2.22 bits per heavy atom. The molecule has 3 N–H and O–H groups in total. The van der Waals surface area contributed by atoms with E-state index in [1.54, 1.807) is 4.57 Å². The summed E-state index contributed by atoms with van der Waals surface area (Å²) in [7, 11) is 0. The zero-order valence-corrected chi connectivity index (χ0v) is 10.9. The minimum absolute atomic E-state index is 0.0672. The Labute approximate surface area is 110 Å². The predicted octanol–water partition coefficient (Wildman–Crippen LogP) is 2.19. The number of carbonyl (C=O) groups is 1. The second kappa shape index (κ2) is 5.00. The maximum absolute atomic E-state index is 10.9. The molecule has 96 valence electrons. The third-order valence-electron chi connectivity index (χ3n) is 3.03. The van der Waals surface area contributed by atoms with Crippen LogP contribution in [0.1, 0.15) is 11.1 Å². The third-order valence-corrected chi connectivity index (χ3v) is 3.44. The molecule has 0 saturated heterocycles. The van der Waals surface area contributed by atoms with Gasteiger partial charge in [-0.1, -0.05) is 17.7 Å². The molecule has 1 aromatic carbocycles. The van der Waals surface area contributed by atoms with Gasteiger partial charge in [-0.25, -0.2) is 0 Å². The number of aliphatic carboxylic acids is 1. The Morgan fingerprint density at radius 1 is 1.50 bits per heavy atom. The molecule has 0 spiro atoms. The van der Waals surface area contributed by atoms with Gasteiger partial charge in [0.2, 0.25) is 0 Å². The van der Waals surface area contributed by atoms with E-state index in [0.29, 0.717) is 11.6 Å². The lowest BCUT2D eigenvalue weighted by atomic mass is 10.1. The number of fused-ring (bicyclic) bond motifs is 1. The second-order valence-corrected chi connectivity index (χ2v) is 4.69. The van der Waals surface area contributed by atoms with Crippen molar-refractivity contribution in [3.8, 4) is 0 Å². The number of carboxylic acids is 1. The number of aryl methyl sites for hydroxylation is 1. The highest BCUT2D eigenvalue weighted by atomic mass is 35.5. The average molecular weight is 267 g/mol. The summed E-state index contributed by atoms with van der Waals surface area (Å²) in [6.45, 7) is 2.37. The summed E-state index contributed by atoms with van der Waals surface area (Å²) >= 11 is 6.10. The van der Waals surface area contributed by atoms with E-state index in [9.17, 15) is 4.79 Å². The number of hydrogen-bond acceptors (Lipinski definition) is 2. The van der Waals surface area contributed by atoms with Crippen LogP contribution in [-0.4, -0.2) is 22.2 Å². The van der Waals surface area contributed by atoms with E-state index < -0.39 is 5.97 Å². The molecule has 18 heavy (non-hydrogen) atoms. The fraction of sp³-hybridized carbons (Fsp3) is 0.308. The molecule has 0 unspecified atom stereocenters. The van der Waals surface area contributed by atoms with Crippen molar-refractivity contribution >= 4 is 28.5 Å². The van der Waals surface area contributed by atoms with Gasteiger partial charge >= 0.3 is 5.97 Å². The van der Waals surface area contributed by atoms with Crippen LogP contribution in [0.5, 0.6) is 0 Å². The van der Waals surface area contributed by atoms with Crippen molar-refractivity contribution in [1.29, 1.82) is 0 Å². The molecule has 1 heterocycles. The first kappa shape index (κ1) is 12.9. The van der Waals surface area contributed by atoms with Gasteiger partial charge in [0.1, 0.15) is 6.54 Å². The summed E-state index contributed by atoms with van der Waals surface area (Å²) in [5, 5.41) is 10.6. The van der Waals surface area contributed by atoms with E-state index in [-0.39, 0.29) is 6.54 Å². The van der Waals surface area contributed by atoms with Crippen LogP contribution in [0, 0.1) is 6.92 Å². The fourth-order valence-corrected chi connectivity index (χ4v) is 2.40. The highest BCUT2D eigenvalue weighted by Crippen LogP contribution is 2.29. The number of nitrogens with zero attached hydrogens (tertiary/aromatic N) is 1. The van der Waals surface area contributed by atoms with Gasteiger partial charge < -0.3 is 15.4 Å². The van der Waals surface area contributed by atoms with Crippen LogP contribution in [0.15, 0.2) is 18.3 Å². The van der Waals surface area contributed by atoms with E-state index >= 15 is 0 Å². The van der Waals surface area contributed by atoms with Crippen molar-refractivity contribution in [1.82, 2.24) is 4.57 Å². The summed E-state index contributed by atoms with van der Waals surface area (Å²) < 4.78 is 1.73. The average Bonchev–Trinajstić information content (AvgIpc) is 2.62. The number of rotatable bonds is 4. The number of benzene rings is 1. The number of carboxylic acid groups (broad SMARTS) is 1. The first-order valence-corrected chi connectivity index (χ1v) is 6.11. The van der Waals surface area contributed by atoms with Gasteiger partial charge in [-0.2, -0.15) is 0 Å². The molecule has 5 heteroatoms. The SMILES string of the molecule is Cc1c(Cl)ccc2c(CCN)cn(CC(=O)O)c12. The molecule has 2 rings (SSSR count). The van der Waals surface area contributed by atoms with Gasteiger partial charge in [-0.15, -0.1) is 0 Å². The van der Waals surface area contributed by atoms with E-state index in [1.165, 1.54) is 0 Å². The summed E-state index contributed by atoms with van der Waals surface area (Å²) in [6.07, 6.45) is 2.58. The van der Waals surface area contributed by atoms with Crippen molar-refractivity contribution in [2.45, 2.75) is 19.9 Å². The first-order chi connectivity index (χ1) is 8.54. The summed E-state index contributed by atoms with van der Waals surface area (Å²) in [5.41, 5.74) is 8.43. The van der Waals surface area contributed by atoms with E-state index in [2.05, 4.69) is 0 Å². The second-order valence-electron chi connectivity index (χ2n) is 4.28. The molecule has 0 saturated carbocycles. The van der Waals surface area contributed by atoms with Crippen molar-refractivity contribution in [2.75, 3.05) is 6.54 Å². The van der Waals surface area contributed by atoms with Crippen molar-refractivity contribution in [2.24, 2.45) is 5.73 Å². The van der Waals surface area contributed by atoms with Crippen molar-refractivity contribution in [3.63, 3.8) is 0 Å². The molecule has 0 bridgehead atoms. The predicted molar refractivity (Wildman–Crippen MR) is 72.1 cm³/mol. The maximum Gasteiger partial charge on any atom is 0.323 e. The van der Waals surface area contributed by atoms with Crippen LogP contribution in [0.25, 0.3) is 10.9 Å². The van der Waals surface area contributed by atoms with E-state index in [4.69, 9.17) is 22.4 Å². The lowest BCUT2D eigenvalue weighted by molar-refractivity contribution is -0.137. The largest absolute Gasteiger partial charge is 0.480 e. The molecular weight excluding hydrogens is 252 g/mol. The number of nitrogens with two attached hydrogens (primary N) is 1. The Balaban J connectivity index is 2.68. The molecule has 2 aromatic rings. The van der Waals surface area contributed by atoms with Crippen LogP contribution in [0.2, 0.25) is 5.02 Å². The van der Waals surface area contributed by atoms with Crippen LogP contribution in [0.4, 0.5) is 0 Å². The topological polar surface area (TPSA) is 68.2 Å². The molecule has 0 aliphatic rings. The minimum Gasteiger partial charge on any atom is -0.480 e. The number of hydrogen-bond donors (Lipinski definition) is 2. The monoisotopic (exact) mass is 266 g/mol. The molecule has 4 nitrogen and oxygen atoms in total. The highest BCUT2D eigenvalue weighted by Gasteiger charge is 2.13. The van der Waals surface area contributed by atoms with Gasteiger partial charge in [0.15, 0.2) is 0 Å². The van der Waals surface area contributed by atoms with Gasteiger partial charge in [0.05, 0.1) is 5.52 Å². The molecule has 0 fully saturated rings. The molecule has 0 aliphatic carbocycles. The minimum atomic E-state index is -0.870. The zero-order valence-electron chi connectivity index (χ0n) is 10.1. The van der Waals surface area contributed by atoms with E-state index in [0.717, 1.165) is 28.5 Å². The van der Waals surface area contributed by atoms with E-state index in [1.807, 2.05) is 25.3 Å². The Bertz CT molecular complexity index is 605. The van der Waals surface area contributed by atoms with Gasteiger partial charge in [-0.05, 0) is 37.1 Å². The summed E-state index contributed by atoms with van der Waals surface area (Å²) in [6, 6.07) is 3.76. The smallest absolute Gasteiger partial charge is 0.323 e. The van der Waals surface area contributed by atoms with Crippen LogP contribution in [-0.2, 0) is 17.8 Å². The molecule has 0 radical (unpaired) electrons. The summed E-state index contributed by atoms with van der Waals surface area (Å²) in [4.78, 5) is 10.9. The quantitative estimate of drug-likeness (QED) is 0.891. The highest BCUT2D eigenvalue weighted by molar-refractivity contribution is 6.32. The Hall–Kier alpha value is -1.52. The Kier molecular flexibility index (Phi) is 3.59. The standard InChI is InChI=1S/C13H15ClN2O2/c1-8-11(14)3-2-10-9(4-5-15)6-16(13(8)10)7-12(17)18/h2-3,6H,4-5,7,15H2,1H3,(H,17,18). The zero-order chi connectivity index (χ0) is 13.3. The number of halogens is 1. The molecule has 0 amide bonds. The van der Waals surface area contributed by atoms with Gasteiger partial charge in [-0.3, -0.25) is 4.79 Å². The lowest BCUT2D eigenvalue weighted by Gasteiger charge is -2.05. The number of aromatic nitrogens is 1. The third kappa shape index (κ3) is 2.21. The first-order valence-electron chi connectivity index (χ1n) is 5.73. The molecule has 1 aromatic heterocycles. The Morgan fingerprint density at radius 3 is 2.83 bits per heavy atom. The summed E-state index contributed by atoms with van der Waals surface area (Å²) in [5.74, 6) is -0.870. The maximum atomic E-state index is 10.9. The van der Waals surface area contributed by atoms with Crippen LogP contribution >= 0.6 is 11.6 Å². The normalized spacial score (nSPS) is 11.1. The van der Waals surface area contributed by atoms with Gasteiger partial charge in [0, 0.05) is 16.6 Å². The fourth-order valence-electron chi connectivity index (χ4n) is 2.25. The molecule has 0 atom stereocenters. The van der Waals surface area contributed by atoms with Crippen LogP contribution < -0.4 is 5.73 Å². The molecular formula is C13H15ClN2O2. The lowest BCUT2D eigenvalue weighted by Crippen LogP contribution is -2.08. The molecule has 0 aliphatic heterocycles. The van der Waals surface area contributed by atoms with Crippen molar-refractivity contribution in [3.05, 3.63) is 34.5 Å². The van der Waals surface area contributed by atoms with Crippen LogP contribution in [0.3, 0.4) is 0 Å². The van der Waals surface area contributed by atoms with Crippen molar-refractivity contribution < 1.29 is 9.90 Å².